The van der Waals surface area contributed by atoms with Crippen LogP contribution in [0.25, 0.3) is 0 Å². The van der Waals surface area contributed by atoms with E-state index in [2.05, 4.69) is 26.2 Å². The second kappa shape index (κ2) is 5.18. The minimum Gasteiger partial charge on any atom is -0.501 e. The zero-order valence-corrected chi connectivity index (χ0v) is 10.5. The molecule has 0 atom stereocenters. The van der Waals surface area contributed by atoms with Crippen molar-refractivity contribution < 1.29 is 9.53 Å². The molecule has 1 aromatic heterocycles. The Morgan fingerprint density at radius 1 is 1.47 bits per heavy atom. The number of aromatic nitrogens is 1. The van der Waals surface area contributed by atoms with Gasteiger partial charge in [-0.2, -0.15) is 0 Å². The molecule has 0 fully saturated rings. The molecule has 0 aliphatic carbocycles. The SMILES string of the molecule is O=C(Nc1c[nH]cc(Br)c1=O)C1=COCCC1. The van der Waals surface area contributed by atoms with E-state index in [1.807, 2.05) is 0 Å². The topological polar surface area (TPSA) is 71.2 Å². The summed E-state index contributed by atoms with van der Waals surface area (Å²) in [4.78, 5) is 26.2. The summed E-state index contributed by atoms with van der Waals surface area (Å²) in [5.41, 5.74) is 0.515. The third-order valence-electron chi connectivity index (χ3n) is 2.37. The molecule has 0 unspecified atom stereocenters. The van der Waals surface area contributed by atoms with Gasteiger partial charge in [0.25, 0.3) is 5.91 Å². The van der Waals surface area contributed by atoms with Crippen LogP contribution in [0.1, 0.15) is 12.8 Å². The van der Waals surface area contributed by atoms with Gasteiger partial charge in [0.05, 0.1) is 22.9 Å². The molecule has 2 rings (SSSR count). The third-order valence-corrected chi connectivity index (χ3v) is 2.96. The molecule has 1 aliphatic rings. The number of anilines is 1. The molecule has 17 heavy (non-hydrogen) atoms. The fourth-order valence-electron chi connectivity index (χ4n) is 1.48. The number of carbonyl (C=O) groups excluding carboxylic acids is 1. The van der Waals surface area contributed by atoms with E-state index < -0.39 is 0 Å². The minimum atomic E-state index is -0.298. The van der Waals surface area contributed by atoms with Crippen molar-refractivity contribution in [3.63, 3.8) is 0 Å². The van der Waals surface area contributed by atoms with Gasteiger partial charge in [-0.1, -0.05) is 0 Å². The zero-order valence-electron chi connectivity index (χ0n) is 8.96. The molecular formula is C11H11BrN2O3. The van der Waals surface area contributed by atoms with Crippen molar-refractivity contribution in [2.75, 3.05) is 11.9 Å². The summed E-state index contributed by atoms with van der Waals surface area (Å²) < 4.78 is 5.46. The van der Waals surface area contributed by atoms with Gasteiger partial charge >= 0.3 is 0 Å². The summed E-state index contributed by atoms with van der Waals surface area (Å²) in [5, 5.41) is 2.56. The molecular weight excluding hydrogens is 288 g/mol. The maximum atomic E-state index is 11.8. The fraction of sp³-hybridized carbons (Fsp3) is 0.273. The number of carbonyl (C=O) groups is 1. The van der Waals surface area contributed by atoms with Crippen molar-refractivity contribution in [3.05, 3.63) is 38.9 Å². The lowest BCUT2D eigenvalue weighted by Gasteiger charge is -2.13. The number of rotatable bonds is 2. The first-order valence-corrected chi connectivity index (χ1v) is 5.96. The highest BCUT2D eigenvalue weighted by atomic mass is 79.9. The molecule has 0 saturated heterocycles. The van der Waals surface area contributed by atoms with Gasteiger partial charge in [0, 0.05) is 12.4 Å². The normalized spacial score (nSPS) is 14.8. The van der Waals surface area contributed by atoms with Crippen LogP contribution in [0.5, 0.6) is 0 Å². The Balaban J connectivity index is 2.16. The number of hydrogen-bond acceptors (Lipinski definition) is 3. The van der Waals surface area contributed by atoms with E-state index >= 15 is 0 Å². The molecule has 2 N–H and O–H groups in total. The fourth-order valence-corrected chi connectivity index (χ4v) is 1.83. The Hall–Kier alpha value is -1.56. The van der Waals surface area contributed by atoms with Gasteiger partial charge in [0.15, 0.2) is 0 Å². The first kappa shape index (κ1) is 11.9. The summed E-state index contributed by atoms with van der Waals surface area (Å²) in [5.74, 6) is -0.298. The standard InChI is InChI=1S/C11H11BrN2O3/c12-8-4-13-5-9(10(8)15)14-11(16)7-2-1-3-17-6-7/h4-6H,1-3H2,(H,13,15)(H,14,16). The Bertz CT molecular complexity index is 522. The van der Waals surface area contributed by atoms with E-state index in [-0.39, 0.29) is 17.0 Å². The van der Waals surface area contributed by atoms with Crippen LogP contribution in [0.4, 0.5) is 5.69 Å². The summed E-state index contributed by atoms with van der Waals surface area (Å²) in [7, 11) is 0. The average Bonchev–Trinajstić information content (AvgIpc) is 2.36. The highest BCUT2D eigenvalue weighted by Gasteiger charge is 2.15. The second-order valence-electron chi connectivity index (χ2n) is 3.62. The van der Waals surface area contributed by atoms with E-state index in [1.54, 1.807) is 0 Å². The van der Waals surface area contributed by atoms with Crippen molar-refractivity contribution in [3.8, 4) is 0 Å². The summed E-state index contributed by atoms with van der Waals surface area (Å²) >= 11 is 3.10. The van der Waals surface area contributed by atoms with E-state index in [1.165, 1.54) is 18.7 Å². The number of pyridine rings is 1. The van der Waals surface area contributed by atoms with Crippen molar-refractivity contribution >= 4 is 27.5 Å². The van der Waals surface area contributed by atoms with Crippen LogP contribution in [-0.2, 0) is 9.53 Å². The Morgan fingerprint density at radius 3 is 3.00 bits per heavy atom. The predicted molar refractivity (Wildman–Crippen MR) is 66.7 cm³/mol. The van der Waals surface area contributed by atoms with Gasteiger partial charge in [-0.3, -0.25) is 9.59 Å². The monoisotopic (exact) mass is 298 g/mol. The van der Waals surface area contributed by atoms with Crippen molar-refractivity contribution in [1.82, 2.24) is 4.98 Å². The Kier molecular flexibility index (Phi) is 3.63. The number of nitrogens with one attached hydrogen (secondary N) is 2. The minimum absolute atomic E-state index is 0.218. The predicted octanol–water partition coefficient (Wildman–Crippen LogP) is 1.77. The molecule has 1 amide bonds. The zero-order chi connectivity index (χ0) is 12.3. The maximum Gasteiger partial charge on any atom is 0.254 e. The van der Waals surface area contributed by atoms with Crippen LogP contribution >= 0.6 is 15.9 Å². The molecule has 0 saturated carbocycles. The van der Waals surface area contributed by atoms with Crippen LogP contribution in [0, 0.1) is 0 Å². The molecule has 1 aliphatic heterocycles. The smallest absolute Gasteiger partial charge is 0.254 e. The van der Waals surface area contributed by atoms with E-state index in [9.17, 15) is 9.59 Å². The van der Waals surface area contributed by atoms with Crippen LogP contribution in [0.2, 0.25) is 0 Å². The lowest BCUT2D eigenvalue weighted by Crippen LogP contribution is -2.21. The number of ether oxygens (including phenoxy) is 1. The molecule has 0 radical (unpaired) electrons. The van der Waals surface area contributed by atoms with E-state index in [0.717, 1.165) is 6.42 Å². The second-order valence-corrected chi connectivity index (χ2v) is 4.47. The average molecular weight is 299 g/mol. The number of halogens is 1. The molecule has 0 aromatic carbocycles. The summed E-state index contributed by atoms with van der Waals surface area (Å²) in [6, 6.07) is 0. The van der Waals surface area contributed by atoms with E-state index in [0.29, 0.717) is 23.1 Å². The summed E-state index contributed by atoms with van der Waals surface area (Å²) in [6.45, 7) is 0.633. The van der Waals surface area contributed by atoms with Gasteiger partial charge in [-0.05, 0) is 28.8 Å². The molecule has 90 valence electrons. The molecule has 2 heterocycles. The molecule has 5 nitrogen and oxygen atoms in total. The number of H-pyrrole nitrogens is 1. The molecule has 6 heteroatoms. The van der Waals surface area contributed by atoms with Crippen molar-refractivity contribution in [1.29, 1.82) is 0 Å². The van der Waals surface area contributed by atoms with Crippen LogP contribution < -0.4 is 10.7 Å². The van der Waals surface area contributed by atoms with Gasteiger partial charge in [0.2, 0.25) is 5.43 Å². The van der Waals surface area contributed by atoms with Crippen molar-refractivity contribution in [2.45, 2.75) is 12.8 Å². The van der Waals surface area contributed by atoms with Gasteiger partial charge in [-0.15, -0.1) is 0 Å². The first-order valence-electron chi connectivity index (χ1n) is 5.17. The van der Waals surface area contributed by atoms with Crippen LogP contribution in [-0.4, -0.2) is 17.5 Å². The summed E-state index contributed by atoms with van der Waals surface area (Å²) in [6.07, 6.45) is 5.90. The maximum absolute atomic E-state index is 11.8. The van der Waals surface area contributed by atoms with Gasteiger partial charge in [-0.25, -0.2) is 0 Å². The largest absolute Gasteiger partial charge is 0.501 e. The van der Waals surface area contributed by atoms with Crippen molar-refractivity contribution in [2.24, 2.45) is 0 Å². The highest BCUT2D eigenvalue weighted by Crippen LogP contribution is 2.14. The molecule has 0 spiro atoms. The highest BCUT2D eigenvalue weighted by molar-refractivity contribution is 9.10. The number of hydrogen-bond donors (Lipinski definition) is 2. The Morgan fingerprint density at radius 2 is 2.29 bits per heavy atom. The van der Waals surface area contributed by atoms with Gasteiger partial charge in [0.1, 0.15) is 5.69 Å². The number of aromatic amines is 1. The Labute approximate surface area is 106 Å². The van der Waals surface area contributed by atoms with Gasteiger partial charge < -0.3 is 15.0 Å². The first-order chi connectivity index (χ1) is 8.18. The molecule has 1 aromatic rings. The van der Waals surface area contributed by atoms with Crippen LogP contribution in [0.15, 0.2) is 33.5 Å². The lowest BCUT2D eigenvalue weighted by atomic mass is 10.1. The van der Waals surface area contributed by atoms with Crippen LogP contribution in [0.3, 0.4) is 0 Å². The lowest BCUT2D eigenvalue weighted by molar-refractivity contribution is -0.113. The third kappa shape index (κ3) is 2.76. The number of amides is 1. The van der Waals surface area contributed by atoms with E-state index in [4.69, 9.17) is 4.74 Å². The quantitative estimate of drug-likeness (QED) is 0.874. The molecule has 0 bridgehead atoms.